The van der Waals surface area contributed by atoms with Crippen molar-refractivity contribution in [2.45, 2.75) is 25.5 Å². The molecule has 0 saturated carbocycles. The smallest absolute Gasteiger partial charge is 0.408 e. The number of alkyl carbamates (subject to hydrolysis) is 1. The Morgan fingerprint density at radius 2 is 1.69 bits per heavy atom. The molecule has 2 aromatic rings. The van der Waals surface area contributed by atoms with Crippen molar-refractivity contribution >= 4 is 29.4 Å². The summed E-state index contributed by atoms with van der Waals surface area (Å²) in [6, 6.07) is 14.2. The van der Waals surface area contributed by atoms with Gasteiger partial charge in [-0.1, -0.05) is 60.1 Å². The Balaban J connectivity index is 1.85. The van der Waals surface area contributed by atoms with E-state index >= 15 is 0 Å². The Hall–Kier alpha value is -2.86. The molecule has 136 valence electrons. The fourth-order valence-corrected chi connectivity index (χ4v) is 2.43. The van der Waals surface area contributed by atoms with E-state index in [2.05, 4.69) is 5.32 Å². The molecular formula is C19H18ClNO5. The van der Waals surface area contributed by atoms with Gasteiger partial charge < -0.3 is 15.2 Å². The fourth-order valence-electron chi connectivity index (χ4n) is 2.24. The molecule has 2 aromatic carbocycles. The second kappa shape index (κ2) is 9.58. The lowest BCUT2D eigenvalue weighted by molar-refractivity contribution is -0.139. The molecule has 0 aliphatic rings. The minimum Gasteiger partial charge on any atom is -0.480 e. The lowest BCUT2D eigenvalue weighted by Crippen LogP contribution is -2.41. The van der Waals surface area contributed by atoms with E-state index < -0.39 is 18.1 Å². The second-order valence-corrected chi connectivity index (χ2v) is 5.94. The Bertz CT molecular complexity index is 779. The van der Waals surface area contributed by atoms with Crippen LogP contribution in [0.4, 0.5) is 4.79 Å². The number of aliphatic carboxylic acids is 1. The van der Waals surface area contributed by atoms with E-state index in [0.717, 1.165) is 0 Å². The van der Waals surface area contributed by atoms with Crippen molar-refractivity contribution in [3.05, 3.63) is 70.7 Å². The number of Topliss-reactive ketones (excluding diaryl/α,β-unsaturated/α-hetero) is 1. The first kappa shape index (κ1) is 19.5. The van der Waals surface area contributed by atoms with Gasteiger partial charge >= 0.3 is 12.1 Å². The largest absolute Gasteiger partial charge is 0.480 e. The van der Waals surface area contributed by atoms with E-state index in [1.54, 1.807) is 54.6 Å². The first-order valence-corrected chi connectivity index (χ1v) is 8.33. The summed E-state index contributed by atoms with van der Waals surface area (Å²) >= 11 is 5.96. The molecular weight excluding hydrogens is 358 g/mol. The number of hydrogen-bond donors (Lipinski definition) is 2. The molecule has 7 heteroatoms. The number of benzene rings is 2. The zero-order valence-corrected chi connectivity index (χ0v) is 14.6. The van der Waals surface area contributed by atoms with Crippen molar-refractivity contribution in [3.8, 4) is 0 Å². The van der Waals surface area contributed by atoms with Crippen LogP contribution in [0.3, 0.4) is 0 Å². The highest BCUT2D eigenvalue weighted by Gasteiger charge is 2.22. The number of ketones is 1. The van der Waals surface area contributed by atoms with Crippen LogP contribution in [0.25, 0.3) is 0 Å². The molecule has 0 aromatic heterocycles. The number of carbonyl (C=O) groups is 3. The third kappa shape index (κ3) is 5.89. The van der Waals surface area contributed by atoms with E-state index in [-0.39, 0.29) is 25.2 Å². The van der Waals surface area contributed by atoms with Crippen LogP contribution in [0.2, 0.25) is 5.02 Å². The topological polar surface area (TPSA) is 92.7 Å². The van der Waals surface area contributed by atoms with E-state index in [0.29, 0.717) is 16.1 Å². The maximum atomic E-state index is 12.1. The van der Waals surface area contributed by atoms with Gasteiger partial charge in [-0.2, -0.15) is 0 Å². The molecule has 0 aliphatic carbocycles. The summed E-state index contributed by atoms with van der Waals surface area (Å²) in [6.07, 6.45) is -0.930. The molecule has 0 saturated heterocycles. The molecule has 0 aliphatic heterocycles. The predicted octanol–water partition coefficient (Wildman–Crippen LogP) is 3.68. The molecule has 0 spiro atoms. The lowest BCUT2D eigenvalue weighted by atomic mass is 10.0. The number of hydrogen-bond acceptors (Lipinski definition) is 4. The van der Waals surface area contributed by atoms with Crippen LogP contribution in [-0.2, 0) is 16.1 Å². The van der Waals surface area contributed by atoms with Crippen molar-refractivity contribution < 1.29 is 24.2 Å². The Morgan fingerprint density at radius 3 is 2.35 bits per heavy atom. The molecule has 6 nitrogen and oxygen atoms in total. The van der Waals surface area contributed by atoms with E-state index in [1.807, 2.05) is 0 Å². The number of carboxylic acid groups (broad SMARTS) is 1. The number of rotatable bonds is 8. The lowest BCUT2D eigenvalue weighted by Gasteiger charge is -2.14. The summed E-state index contributed by atoms with van der Waals surface area (Å²) < 4.78 is 5.00. The summed E-state index contributed by atoms with van der Waals surface area (Å²) in [6.45, 7) is -0.0825. The van der Waals surface area contributed by atoms with Gasteiger partial charge in [-0.3, -0.25) is 4.79 Å². The van der Waals surface area contributed by atoms with E-state index in [9.17, 15) is 19.5 Å². The normalized spacial score (nSPS) is 11.4. The Kier molecular flexibility index (Phi) is 7.17. The number of amides is 1. The van der Waals surface area contributed by atoms with Gasteiger partial charge in [0.25, 0.3) is 0 Å². The van der Waals surface area contributed by atoms with Gasteiger partial charge in [0.15, 0.2) is 5.78 Å². The van der Waals surface area contributed by atoms with Crippen molar-refractivity contribution in [3.63, 3.8) is 0 Å². The SMILES string of the molecule is O=C(NC(CCC(=O)c1ccccc1)C(=O)O)OCc1ccccc1Cl. The Labute approximate surface area is 155 Å². The molecule has 1 atom stereocenters. The molecule has 2 N–H and O–H groups in total. The number of nitrogens with one attached hydrogen (secondary N) is 1. The first-order chi connectivity index (χ1) is 12.5. The van der Waals surface area contributed by atoms with Gasteiger partial charge in [-0.25, -0.2) is 9.59 Å². The minimum atomic E-state index is -1.24. The zero-order valence-electron chi connectivity index (χ0n) is 13.9. The molecule has 0 fully saturated rings. The zero-order chi connectivity index (χ0) is 18.9. The fraction of sp³-hybridized carbons (Fsp3) is 0.211. The van der Waals surface area contributed by atoms with Crippen LogP contribution in [0, 0.1) is 0 Å². The molecule has 1 unspecified atom stereocenters. The number of ether oxygens (including phenoxy) is 1. The molecule has 26 heavy (non-hydrogen) atoms. The molecule has 0 heterocycles. The average Bonchev–Trinajstić information content (AvgIpc) is 2.64. The van der Waals surface area contributed by atoms with Gasteiger partial charge in [-0.05, 0) is 12.5 Å². The van der Waals surface area contributed by atoms with Gasteiger partial charge in [0.2, 0.25) is 0 Å². The summed E-state index contributed by atoms with van der Waals surface area (Å²) in [5.74, 6) is -1.43. The molecule has 0 bridgehead atoms. The maximum Gasteiger partial charge on any atom is 0.408 e. The van der Waals surface area contributed by atoms with Crippen LogP contribution in [0.15, 0.2) is 54.6 Å². The monoisotopic (exact) mass is 375 g/mol. The maximum absolute atomic E-state index is 12.1. The van der Waals surface area contributed by atoms with Gasteiger partial charge in [0, 0.05) is 22.6 Å². The van der Waals surface area contributed by atoms with Crippen molar-refractivity contribution in [2.24, 2.45) is 0 Å². The highest BCUT2D eigenvalue weighted by molar-refractivity contribution is 6.31. The molecule has 1 amide bonds. The van der Waals surface area contributed by atoms with E-state index in [4.69, 9.17) is 16.3 Å². The van der Waals surface area contributed by atoms with Crippen LogP contribution >= 0.6 is 11.6 Å². The Morgan fingerprint density at radius 1 is 1.04 bits per heavy atom. The third-order valence-corrected chi connectivity index (χ3v) is 4.03. The number of carboxylic acids is 1. The first-order valence-electron chi connectivity index (χ1n) is 7.95. The van der Waals surface area contributed by atoms with Crippen molar-refractivity contribution in [1.29, 1.82) is 0 Å². The number of halogens is 1. The van der Waals surface area contributed by atoms with Gasteiger partial charge in [-0.15, -0.1) is 0 Å². The van der Waals surface area contributed by atoms with Crippen molar-refractivity contribution in [1.82, 2.24) is 5.32 Å². The molecule has 0 radical (unpaired) electrons. The standard InChI is InChI=1S/C19H18ClNO5/c20-15-9-5-4-8-14(15)12-26-19(25)21-16(18(23)24)10-11-17(22)13-6-2-1-3-7-13/h1-9,16H,10-12H2,(H,21,25)(H,23,24). The summed E-state index contributed by atoms with van der Waals surface area (Å²) in [5, 5.41) is 11.9. The highest BCUT2D eigenvalue weighted by atomic mass is 35.5. The third-order valence-electron chi connectivity index (χ3n) is 3.66. The summed E-state index contributed by atoms with van der Waals surface area (Å²) in [5.41, 5.74) is 1.10. The van der Waals surface area contributed by atoms with Gasteiger partial charge in [0.05, 0.1) is 0 Å². The van der Waals surface area contributed by atoms with Crippen LogP contribution in [0.1, 0.15) is 28.8 Å². The summed E-state index contributed by atoms with van der Waals surface area (Å²) in [4.78, 5) is 35.2. The second-order valence-electron chi connectivity index (χ2n) is 5.53. The minimum absolute atomic E-state index is 0.00816. The molecule has 2 rings (SSSR count). The number of carbonyl (C=O) groups excluding carboxylic acids is 2. The van der Waals surface area contributed by atoms with Crippen LogP contribution in [-0.4, -0.2) is 29.0 Å². The average molecular weight is 376 g/mol. The van der Waals surface area contributed by atoms with E-state index in [1.165, 1.54) is 0 Å². The summed E-state index contributed by atoms with van der Waals surface area (Å²) in [7, 11) is 0. The van der Waals surface area contributed by atoms with Crippen molar-refractivity contribution in [2.75, 3.05) is 0 Å². The predicted molar refractivity (Wildman–Crippen MR) is 96.2 cm³/mol. The highest BCUT2D eigenvalue weighted by Crippen LogP contribution is 2.15. The van der Waals surface area contributed by atoms with Crippen LogP contribution < -0.4 is 5.32 Å². The van der Waals surface area contributed by atoms with Crippen LogP contribution in [0.5, 0.6) is 0 Å². The van der Waals surface area contributed by atoms with Gasteiger partial charge in [0.1, 0.15) is 12.6 Å². The quantitative estimate of drug-likeness (QED) is 0.686.